The Morgan fingerprint density at radius 2 is 1.97 bits per heavy atom. The van der Waals surface area contributed by atoms with E-state index in [0.717, 1.165) is 42.4 Å². The van der Waals surface area contributed by atoms with Crippen molar-refractivity contribution in [2.24, 2.45) is 11.7 Å². The normalized spacial score (nSPS) is 14.1. The molecule has 2 N–H and O–H groups in total. The Hall–Kier alpha value is -4.22. The SMILES string of the molecule is CC(C)Oc1ccc(-c2nc(-c3ccc(CCN4CC(C(N)=O)C4)c4ccccc34)no2)cc1C#N. The molecule has 1 aliphatic rings. The van der Waals surface area contributed by atoms with Crippen molar-refractivity contribution in [3.8, 4) is 34.7 Å². The van der Waals surface area contributed by atoms with Gasteiger partial charge in [0.15, 0.2) is 0 Å². The van der Waals surface area contributed by atoms with E-state index < -0.39 is 0 Å². The molecule has 0 spiro atoms. The van der Waals surface area contributed by atoms with Gasteiger partial charge in [0, 0.05) is 30.8 Å². The fourth-order valence-corrected chi connectivity index (χ4v) is 4.54. The van der Waals surface area contributed by atoms with Crippen LogP contribution in [0.5, 0.6) is 5.75 Å². The number of amides is 1. The van der Waals surface area contributed by atoms with E-state index in [1.165, 1.54) is 5.56 Å². The van der Waals surface area contributed by atoms with Crippen LogP contribution in [0.25, 0.3) is 33.6 Å². The average Bonchev–Trinajstić information content (AvgIpc) is 3.32. The number of primary amides is 1. The largest absolute Gasteiger partial charge is 0.490 e. The number of fused-ring (bicyclic) bond motifs is 1. The lowest BCUT2D eigenvalue weighted by atomic mass is 9.95. The third kappa shape index (κ3) is 4.66. The van der Waals surface area contributed by atoms with Crippen LogP contribution >= 0.6 is 0 Å². The van der Waals surface area contributed by atoms with Crippen molar-refractivity contribution in [2.45, 2.75) is 26.4 Å². The van der Waals surface area contributed by atoms with Crippen molar-refractivity contribution in [1.29, 1.82) is 5.26 Å². The van der Waals surface area contributed by atoms with Crippen LogP contribution < -0.4 is 10.5 Å². The molecule has 2 heterocycles. The van der Waals surface area contributed by atoms with Gasteiger partial charge in [0.25, 0.3) is 5.89 Å². The monoisotopic (exact) mass is 481 g/mol. The van der Waals surface area contributed by atoms with Gasteiger partial charge in [-0.05, 0) is 54.8 Å². The van der Waals surface area contributed by atoms with E-state index >= 15 is 0 Å². The highest BCUT2D eigenvalue weighted by Crippen LogP contribution is 2.32. The summed E-state index contributed by atoms with van der Waals surface area (Å²) in [7, 11) is 0. The maximum absolute atomic E-state index is 11.3. The van der Waals surface area contributed by atoms with E-state index in [-0.39, 0.29) is 17.9 Å². The Morgan fingerprint density at radius 3 is 2.69 bits per heavy atom. The van der Waals surface area contributed by atoms with Gasteiger partial charge < -0.3 is 19.9 Å². The Kier molecular flexibility index (Phi) is 6.40. The zero-order valence-electron chi connectivity index (χ0n) is 20.3. The van der Waals surface area contributed by atoms with Crippen molar-refractivity contribution in [1.82, 2.24) is 15.0 Å². The van der Waals surface area contributed by atoms with E-state index in [1.54, 1.807) is 12.1 Å². The molecule has 1 fully saturated rings. The second kappa shape index (κ2) is 9.80. The summed E-state index contributed by atoms with van der Waals surface area (Å²) in [6.45, 7) is 6.17. The van der Waals surface area contributed by atoms with Gasteiger partial charge in [-0.25, -0.2) is 0 Å². The molecule has 1 aromatic heterocycles. The Labute approximate surface area is 209 Å². The third-order valence-corrected chi connectivity index (χ3v) is 6.45. The minimum atomic E-state index is -0.218. The number of likely N-dealkylation sites (tertiary alicyclic amines) is 1. The number of carbonyl (C=O) groups is 1. The second-order valence-corrected chi connectivity index (χ2v) is 9.34. The van der Waals surface area contributed by atoms with E-state index in [4.69, 9.17) is 15.0 Å². The van der Waals surface area contributed by atoms with Crippen LogP contribution in [0, 0.1) is 17.2 Å². The van der Waals surface area contributed by atoms with Crippen LogP contribution in [0.2, 0.25) is 0 Å². The highest BCUT2D eigenvalue weighted by molar-refractivity contribution is 5.97. The topological polar surface area (TPSA) is 118 Å². The molecule has 8 nitrogen and oxygen atoms in total. The van der Waals surface area contributed by atoms with E-state index in [9.17, 15) is 10.1 Å². The van der Waals surface area contributed by atoms with Crippen LogP contribution in [-0.2, 0) is 11.2 Å². The quantitative estimate of drug-likeness (QED) is 0.401. The molecule has 3 aromatic carbocycles. The highest BCUT2D eigenvalue weighted by atomic mass is 16.5. The Morgan fingerprint density at radius 1 is 1.19 bits per heavy atom. The number of ether oxygens (including phenoxy) is 1. The predicted molar refractivity (Wildman–Crippen MR) is 136 cm³/mol. The summed E-state index contributed by atoms with van der Waals surface area (Å²) in [6.07, 6.45) is 0.832. The van der Waals surface area contributed by atoms with Crippen LogP contribution in [0.3, 0.4) is 0 Å². The van der Waals surface area contributed by atoms with Gasteiger partial charge in [0.2, 0.25) is 11.7 Å². The minimum absolute atomic E-state index is 0.0280. The zero-order valence-corrected chi connectivity index (χ0v) is 20.3. The number of nitriles is 1. The van der Waals surface area contributed by atoms with Crippen molar-refractivity contribution in [3.05, 3.63) is 65.7 Å². The first-order valence-electron chi connectivity index (χ1n) is 12.0. The number of rotatable bonds is 8. The second-order valence-electron chi connectivity index (χ2n) is 9.34. The number of carbonyl (C=O) groups excluding carboxylic acids is 1. The van der Waals surface area contributed by atoms with Gasteiger partial charge in [-0.15, -0.1) is 0 Å². The third-order valence-electron chi connectivity index (χ3n) is 6.45. The molecule has 0 aliphatic carbocycles. The first-order chi connectivity index (χ1) is 17.4. The van der Waals surface area contributed by atoms with Crippen LogP contribution in [0.15, 0.2) is 59.1 Å². The highest BCUT2D eigenvalue weighted by Gasteiger charge is 2.30. The molecule has 1 saturated heterocycles. The van der Waals surface area contributed by atoms with Gasteiger partial charge in [-0.1, -0.05) is 41.6 Å². The molecular formula is C28H27N5O3. The first-order valence-corrected chi connectivity index (χ1v) is 12.0. The molecule has 182 valence electrons. The summed E-state index contributed by atoms with van der Waals surface area (Å²) in [5.74, 6) is 1.11. The molecule has 36 heavy (non-hydrogen) atoms. The number of benzene rings is 3. The van der Waals surface area contributed by atoms with Gasteiger partial charge in [0.1, 0.15) is 11.8 Å². The maximum Gasteiger partial charge on any atom is 0.258 e. The molecule has 8 heteroatoms. The molecule has 0 bridgehead atoms. The molecule has 4 aromatic rings. The summed E-state index contributed by atoms with van der Waals surface area (Å²) in [5.41, 5.74) is 8.56. The molecular weight excluding hydrogens is 454 g/mol. The number of hydrogen-bond acceptors (Lipinski definition) is 7. The van der Waals surface area contributed by atoms with Gasteiger partial charge in [-0.3, -0.25) is 4.79 Å². The van der Waals surface area contributed by atoms with Crippen LogP contribution in [-0.4, -0.2) is 46.7 Å². The minimum Gasteiger partial charge on any atom is -0.490 e. The van der Waals surface area contributed by atoms with Crippen molar-refractivity contribution in [2.75, 3.05) is 19.6 Å². The standard InChI is InChI=1S/C28H27N5O3/c1-17(2)35-25-10-8-19(13-20(25)14-29)28-31-27(32-36-28)24-9-7-18(22-5-3-4-6-23(22)24)11-12-33-15-21(16-33)26(30)34/h3-10,13,17,21H,11-12,15-16H2,1-2H3,(H2,30,34). The fraction of sp³-hybridized carbons (Fsp3) is 0.286. The average molecular weight is 482 g/mol. The van der Waals surface area contributed by atoms with Gasteiger partial charge in [0.05, 0.1) is 17.6 Å². The smallest absolute Gasteiger partial charge is 0.258 e. The number of nitrogens with zero attached hydrogens (tertiary/aromatic N) is 4. The fourth-order valence-electron chi connectivity index (χ4n) is 4.54. The van der Waals surface area contributed by atoms with Crippen molar-refractivity contribution >= 4 is 16.7 Å². The molecule has 0 unspecified atom stereocenters. The lowest BCUT2D eigenvalue weighted by Crippen LogP contribution is -2.52. The van der Waals surface area contributed by atoms with Crippen LogP contribution in [0.1, 0.15) is 25.0 Å². The van der Waals surface area contributed by atoms with Gasteiger partial charge in [-0.2, -0.15) is 10.2 Å². The Bertz CT molecular complexity index is 1460. The van der Waals surface area contributed by atoms with Gasteiger partial charge >= 0.3 is 0 Å². The van der Waals surface area contributed by atoms with Crippen molar-refractivity contribution in [3.63, 3.8) is 0 Å². The summed E-state index contributed by atoms with van der Waals surface area (Å²) >= 11 is 0. The summed E-state index contributed by atoms with van der Waals surface area (Å²) in [6, 6.07) is 19.8. The summed E-state index contributed by atoms with van der Waals surface area (Å²) in [5, 5.41) is 16.0. The van der Waals surface area contributed by atoms with E-state index in [2.05, 4.69) is 39.3 Å². The molecule has 0 saturated carbocycles. The lowest BCUT2D eigenvalue weighted by Gasteiger charge is -2.37. The maximum atomic E-state index is 11.3. The zero-order chi connectivity index (χ0) is 25.2. The molecule has 0 atom stereocenters. The molecule has 5 rings (SSSR count). The molecule has 0 radical (unpaired) electrons. The number of hydrogen-bond donors (Lipinski definition) is 1. The van der Waals surface area contributed by atoms with E-state index in [1.807, 2.05) is 38.1 Å². The predicted octanol–water partition coefficient (Wildman–Crippen LogP) is 4.18. The van der Waals surface area contributed by atoms with Crippen LogP contribution in [0.4, 0.5) is 0 Å². The van der Waals surface area contributed by atoms with E-state index in [0.29, 0.717) is 28.6 Å². The van der Waals surface area contributed by atoms with Crippen molar-refractivity contribution < 1.29 is 14.1 Å². The lowest BCUT2D eigenvalue weighted by molar-refractivity contribution is -0.126. The molecule has 1 amide bonds. The number of nitrogens with two attached hydrogens (primary N) is 1. The first kappa shape index (κ1) is 23.5. The Balaban J connectivity index is 1.40. The molecule has 1 aliphatic heterocycles. The summed E-state index contributed by atoms with van der Waals surface area (Å²) < 4.78 is 11.3. The number of aromatic nitrogens is 2. The summed E-state index contributed by atoms with van der Waals surface area (Å²) in [4.78, 5) is 18.2.